The summed E-state index contributed by atoms with van der Waals surface area (Å²) in [5.41, 5.74) is 0.624. The first-order chi connectivity index (χ1) is 12.8. The van der Waals surface area contributed by atoms with E-state index < -0.39 is 0 Å². The summed E-state index contributed by atoms with van der Waals surface area (Å²) in [6, 6.07) is 11.3. The number of rotatable bonds is 9. The molecule has 1 N–H and O–H groups in total. The number of nitrogens with one attached hydrogen (secondary N) is 1. The Morgan fingerprint density at radius 1 is 1.27 bits per heavy atom. The number of likely N-dealkylation sites (tertiary alicyclic amines) is 1. The maximum absolute atomic E-state index is 12.6. The molecule has 1 unspecified atom stereocenters. The van der Waals surface area contributed by atoms with Gasteiger partial charge in [-0.05, 0) is 62.7 Å². The molecule has 1 aromatic heterocycles. The van der Waals surface area contributed by atoms with Crippen LogP contribution in [0.2, 0.25) is 0 Å². The molecular formula is C21H28N2O3. The second kappa shape index (κ2) is 9.43. The van der Waals surface area contributed by atoms with Crippen LogP contribution in [-0.4, -0.2) is 37.0 Å². The van der Waals surface area contributed by atoms with Crippen LogP contribution < -0.4 is 10.1 Å². The molecule has 0 spiro atoms. The highest BCUT2D eigenvalue weighted by Crippen LogP contribution is 2.25. The fraction of sp³-hybridized carbons (Fsp3) is 0.476. The number of carbonyl (C=O) groups excluding carboxylic acids is 1. The van der Waals surface area contributed by atoms with Crippen molar-refractivity contribution in [1.82, 2.24) is 10.2 Å². The van der Waals surface area contributed by atoms with Crippen molar-refractivity contribution >= 4 is 5.91 Å². The second-order valence-electron chi connectivity index (χ2n) is 6.71. The Morgan fingerprint density at radius 3 is 2.85 bits per heavy atom. The maximum atomic E-state index is 12.6. The number of unbranched alkanes of at least 4 members (excludes halogenated alkanes) is 1. The van der Waals surface area contributed by atoms with Gasteiger partial charge in [-0.2, -0.15) is 0 Å². The van der Waals surface area contributed by atoms with Gasteiger partial charge in [-0.25, -0.2) is 0 Å². The van der Waals surface area contributed by atoms with E-state index in [1.165, 1.54) is 12.8 Å². The number of amides is 1. The van der Waals surface area contributed by atoms with Crippen LogP contribution in [0, 0.1) is 0 Å². The summed E-state index contributed by atoms with van der Waals surface area (Å²) in [6.45, 7) is 5.43. The van der Waals surface area contributed by atoms with Crippen LogP contribution in [0.15, 0.2) is 47.1 Å². The molecule has 5 heteroatoms. The van der Waals surface area contributed by atoms with Gasteiger partial charge in [0.25, 0.3) is 5.91 Å². The van der Waals surface area contributed by atoms with Gasteiger partial charge >= 0.3 is 0 Å². The molecule has 0 bridgehead atoms. The topological polar surface area (TPSA) is 54.7 Å². The average molecular weight is 356 g/mol. The van der Waals surface area contributed by atoms with Crippen LogP contribution in [0.1, 0.15) is 54.8 Å². The van der Waals surface area contributed by atoms with E-state index >= 15 is 0 Å². The van der Waals surface area contributed by atoms with E-state index in [4.69, 9.17) is 9.15 Å². The molecule has 0 radical (unpaired) electrons. The van der Waals surface area contributed by atoms with E-state index in [0.29, 0.717) is 18.7 Å². The largest absolute Gasteiger partial charge is 0.494 e. The maximum Gasteiger partial charge on any atom is 0.251 e. The predicted octanol–water partition coefficient (Wildman–Crippen LogP) is 4.03. The number of benzene rings is 1. The van der Waals surface area contributed by atoms with Gasteiger partial charge in [-0.15, -0.1) is 0 Å². The zero-order valence-electron chi connectivity index (χ0n) is 15.4. The summed E-state index contributed by atoms with van der Waals surface area (Å²) >= 11 is 0. The van der Waals surface area contributed by atoms with Gasteiger partial charge in [0, 0.05) is 12.1 Å². The van der Waals surface area contributed by atoms with Crippen molar-refractivity contribution in [1.29, 1.82) is 0 Å². The quantitative estimate of drug-likeness (QED) is 0.689. The first-order valence-electron chi connectivity index (χ1n) is 9.56. The molecule has 0 aliphatic carbocycles. The van der Waals surface area contributed by atoms with Crippen LogP contribution >= 0.6 is 0 Å². The summed E-state index contributed by atoms with van der Waals surface area (Å²) in [5.74, 6) is 1.57. The summed E-state index contributed by atoms with van der Waals surface area (Å²) in [5, 5.41) is 3.06. The van der Waals surface area contributed by atoms with E-state index in [0.717, 1.165) is 37.4 Å². The Kier molecular flexibility index (Phi) is 6.72. The zero-order chi connectivity index (χ0) is 18.2. The van der Waals surface area contributed by atoms with Crippen molar-refractivity contribution in [3.63, 3.8) is 0 Å². The van der Waals surface area contributed by atoms with Crippen LogP contribution in [-0.2, 0) is 0 Å². The van der Waals surface area contributed by atoms with Crippen LogP contribution in [0.5, 0.6) is 5.75 Å². The van der Waals surface area contributed by atoms with E-state index in [1.54, 1.807) is 6.26 Å². The molecule has 1 amide bonds. The van der Waals surface area contributed by atoms with Crippen molar-refractivity contribution in [3.05, 3.63) is 54.0 Å². The van der Waals surface area contributed by atoms with Crippen LogP contribution in [0.4, 0.5) is 0 Å². The molecule has 0 saturated carbocycles. The minimum atomic E-state index is -0.0818. The summed E-state index contributed by atoms with van der Waals surface area (Å²) in [6.07, 6.45) is 6.18. The molecular weight excluding hydrogens is 328 g/mol. The van der Waals surface area contributed by atoms with E-state index in [2.05, 4.69) is 17.1 Å². The second-order valence-corrected chi connectivity index (χ2v) is 6.71. The zero-order valence-corrected chi connectivity index (χ0v) is 15.4. The van der Waals surface area contributed by atoms with Gasteiger partial charge in [0.05, 0.1) is 18.9 Å². The number of nitrogens with zero attached hydrogens (tertiary/aromatic N) is 1. The predicted molar refractivity (Wildman–Crippen MR) is 101 cm³/mol. The molecule has 26 heavy (non-hydrogen) atoms. The average Bonchev–Trinajstić information content (AvgIpc) is 3.37. The fourth-order valence-electron chi connectivity index (χ4n) is 3.30. The first-order valence-corrected chi connectivity index (χ1v) is 9.56. The summed E-state index contributed by atoms with van der Waals surface area (Å²) in [4.78, 5) is 15.0. The molecule has 1 aliphatic heterocycles. The van der Waals surface area contributed by atoms with Gasteiger partial charge in [0.2, 0.25) is 0 Å². The van der Waals surface area contributed by atoms with Crippen molar-refractivity contribution in [3.8, 4) is 5.75 Å². The lowest BCUT2D eigenvalue weighted by Gasteiger charge is -2.26. The third kappa shape index (κ3) is 4.88. The number of furan rings is 1. The molecule has 5 nitrogen and oxygen atoms in total. The Balaban J connectivity index is 1.60. The smallest absolute Gasteiger partial charge is 0.251 e. The third-order valence-electron chi connectivity index (χ3n) is 4.77. The van der Waals surface area contributed by atoms with Crippen LogP contribution in [0.3, 0.4) is 0 Å². The lowest BCUT2D eigenvalue weighted by molar-refractivity contribution is 0.0933. The van der Waals surface area contributed by atoms with Crippen molar-refractivity contribution in [2.24, 2.45) is 0 Å². The van der Waals surface area contributed by atoms with Crippen LogP contribution in [0.25, 0.3) is 0 Å². The number of hydrogen-bond acceptors (Lipinski definition) is 4. The summed E-state index contributed by atoms with van der Waals surface area (Å²) in [7, 11) is 0. The molecule has 1 atom stereocenters. The normalized spacial score (nSPS) is 15.7. The minimum absolute atomic E-state index is 0.0818. The van der Waals surface area contributed by atoms with Gasteiger partial charge < -0.3 is 14.5 Å². The van der Waals surface area contributed by atoms with Crippen molar-refractivity contribution in [2.75, 3.05) is 26.2 Å². The Morgan fingerprint density at radius 2 is 2.12 bits per heavy atom. The lowest BCUT2D eigenvalue weighted by atomic mass is 10.1. The molecule has 1 aromatic carbocycles. The Bertz CT molecular complexity index is 678. The number of hydrogen-bond donors (Lipinski definition) is 1. The minimum Gasteiger partial charge on any atom is -0.494 e. The highest BCUT2D eigenvalue weighted by Gasteiger charge is 2.26. The first kappa shape index (κ1) is 18.5. The van der Waals surface area contributed by atoms with Gasteiger partial charge in [0.15, 0.2) is 0 Å². The highest BCUT2D eigenvalue weighted by molar-refractivity contribution is 5.94. The molecule has 1 fully saturated rings. The molecule has 1 aliphatic rings. The Hall–Kier alpha value is -2.27. The molecule has 3 rings (SSSR count). The van der Waals surface area contributed by atoms with E-state index in [9.17, 15) is 4.79 Å². The van der Waals surface area contributed by atoms with E-state index in [1.807, 2.05) is 36.4 Å². The third-order valence-corrected chi connectivity index (χ3v) is 4.77. The van der Waals surface area contributed by atoms with Gasteiger partial charge in [0.1, 0.15) is 11.5 Å². The van der Waals surface area contributed by atoms with Gasteiger partial charge in [-0.3, -0.25) is 9.69 Å². The number of ether oxygens (including phenoxy) is 1. The molecule has 140 valence electrons. The Labute approximate surface area is 155 Å². The highest BCUT2D eigenvalue weighted by atomic mass is 16.5. The molecule has 1 saturated heterocycles. The van der Waals surface area contributed by atoms with Crippen molar-refractivity contribution in [2.45, 2.75) is 38.6 Å². The summed E-state index contributed by atoms with van der Waals surface area (Å²) < 4.78 is 11.3. The SMILES string of the molecule is CCCCOc1cccc(C(=O)NCC(c2ccco2)N2CCCC2)c1. The number of carbonyl (C=O) groups is 1. The standard InChI is InChI=1S/C21H28N2O3/c1-2-3-13-25-18-9-6-8-17(15-18)21(24)22-16-19(20-10-7-14-26-20)23-11-4-5-12-23/h6-10,14-15,19H,2-5,11-13,16H2,1H3,(H,22,24). The lowest BCUT2D eigenvalue weighted by Crippen LogP contribution is -2.36. The van der Waals surface area contributed by atoms with Gasteiger partial charge in [-0.1, -0.05) is 19.4 Å². The van der Waals surface area contributed by atoms with Crippen molar-refractivity contribution < 1.29 is 13.9 Å². The molecule has 2 heterocycles. The molecule has 2 aromatic rings. The monoisotopic (exact) mass is 356 g/mol. The fourth-order valence-corrected chi connectivity index (χ4v) is 3.30. The van der Waals surface area contributed by atoms with E-state index in [-0.39, 0.29) is 11.9 Å².